The van der Waals surface area contributed by atoms with Gasteiger partial charge in [-0.25, -0.2) is 0 Å². The van der Waals surface area contributed by atoms with E-state index in [2.05, 4.69) is 6.92 Å². The van der Waals surface area contributed by atoms with Gasteiger partial charge in [0.1, 0.15) is 0 Å². The maximum Gasteiger partial charge on any atom is 0.159 e. The van der Waals surface area contributed by atoms with Gasteiger partial charge < -0.3 is 10.2 Å². The van der Waals surface area contributed by atoms with Crippen molar-refractivity contribution >= 4 is 5.78 Å². The van der Waals surface area contributed by atoms with Gasteiger partial charge in [0, 0.05) is 12.5 Å². The molecule has 0 aromatic carbocycles. The molecule has 0 aromatic heterocycles. The zero-order chi connectivity index (χ0) is 16.9. The van der Waals surface area contributed by atoms with Crippen molar-refractivity contribution in [3.05, 3.63) is 22.8 Å². The second-order valence-corrected chi connectivity index (χ2v) is 8.69. The monoisotopic (exact) mass is 330 g/mol. The fraction of sp³-hybridized carbons (Fsp3) is 0.762. The summed E-state index contributed by atoms with van der Waals surface area (Å²) in [5, 5.41) is 19.6. The minimum absolute atomic E-state index is 0.0737. The van der Waals surface area contributed by atoms with Crippen LogP contribution in [0.15, 0.2) is 22.8 Å². The molecule has 2 saturated carbocycles. The summed E-state index contributed by atoms with van der Waals surface area (Å²) in [6, 6.07) is 0. The lowest BCUT2D eigenvalue weighted by Crippen LogP contribution is -2.42. The summed E-state index contributed by atoms with van der Waals surface area (Å²) in [6.07, 6.45) is 10.7. The van der Waals surface area contributed by atoms with Crippen LogP contribution in [0.3, 0.4) is 0 Å². The number of carbonyl (C=O) groups excluding carboxylic acids is 1. The molecule has 4 rings (SSSR count). The van der Waals surface area contributed by atoms with Gasteiger partial charge in [-0.15, -0.1) is 0 Å². The van der Waals surface area contributed by atoms with Crippen LogP contribution in [0.5, 0.6) is 0 Å². The molecule has 4 aliphatic carbocycles. The third-order valence-corrected chi connectivity index (χ3v) is 7.61. The molecule has 0 aliphatic heterocycles. The number of fused-ring (bicyclic) bond motifs is 4. The predicted octanol–water partition coefficient (Wildman–Crippen LogP) is 3.55. The van der Waals surface area contributed by atoms with E-state index < -0.39 is 0 Å². The molecule has 0 amide bonds. The van der Waals surface area contributed by atoms with E-state index in [9.17, 15) is 9.90 Å². The van der Waals surface area contributed by atoms with E-state index >= 15 is 0 Å². The highest BCUT2D eigenvalue weighted by Crippen LogP contribution is 2.60. The molecule has 132 valence electrons. The summed E-state index contributed by atoms with van der Waals surface area (Å²) >= 11 is 0. The summed E-state index contributed by atoms with van der Waals surface area (Å²) in [7, 11) is 0. The fourth-order valence-electron chi connectivity index (χ4n) is 6.15. The average molecular weight is 330 g/mol. The largest absolute Gasteiger partial charge is 0.396 e. The number of hydrogen-bond acceptors (Lipinski definition) is 3. The van der Waals surface area contributed by atoms with Crippen LogP contribution in [0.4, 0.5) is 0 Å². The van der Waals surface area contributed by atoms with Crippen molar-refractivity contribution in [1.82, 2.24) is 0 Å². The van der Waals surface area contributed by atoms with Gasteiger partial charge in [-0.05, 0) is 92.3 Å². The Bertz CT molecular complexity index is 602. The Morgan fingerprint density at radius 1 is 1.25 bits per heavy atom. The Morgan fingerprint density at radius 3 is 2.88 bits per heavy atom. The summed E-state index contributed by atoms with van der Waals surface area (Å²) in [6.45, 7) is 2.48. The molecule has 4 aliphatic rings. The van der Waals surface area contributed by atoms with Crippen LogP contribution in [0.1, 0.15) is 64.7 Å². The smallest absolute Gasteiger partial charge is 0.159 e. The molecule has 1 unspecified atom stereocenters. The Labute approximate surface area is 144 Å². The van der Waals surface area contributed by atoms with E-state index in [1.807, 2.05) is 6.08 Å². The number of aliphatic hydroxyl groups is 2. The predicted molar refractivity (Wildman–Crippen MR) is 93.3 cm³/mol. The molecule has 3 heteroatoms. The van der Waals surface area contributed by atoms with Crippen molar-refractivity contribution in [2.45, 2.75) is 70.8 Å². The molecular formula is C21H30O3. The van der Waals surface area contributed by atoms with E-state index in [0.717, 1.165) is 57.8 Å². The molecular weight excluding hydrogens is 300 g/mol. The minimum atomic E-state index is -0.128. The van der Waals surface area contributed by atoms with Crippen LogP contribution in [-0.4, -0.2) is 28.7 Å². The molecule has 2 fully saturated rings. The minimum Gasteiger partial charge on any atom is -0.396 e. The molecule has 0 radical (unpaired) electrons. The Morgan fingerprint density at radius 2 is 2.08 bits per heavy atom. The van der Waals surface area contributed by atoms with Crippen LogP contribution in [0.2, 0.25) is 0 Å². The highest BCUT2D eigenvalue weighted by molar-refractivity contribution is 5.95. The van der Waals surface area contributed by atoms with Gasteiger partial charge in [0.25, 0.3) is 0 Å². The van der Waals surface area contributed by atoms with E-state index in [0.29, 0.717) is 11.8 Å². The molecule has 0 saturated heterocycles. The SMILES string of the molecule is C[C@@]12CCC3=C4CC(CCCO)C(=O)C=C4CC[C@H]3[C@@H]1CC[C@H]2O. The number of ketones is 1. The van der Waals surface area contributed by atoms with Crippen LogP contribution in [0.25, 0.3) is 0 Å². The van der Waals surface area contributed by atoms with Crippen molar-refractivity contribution < 1.29 is 15.0 Å². The summed E-state index contributed by atoms with van der Waals surface area (Å²) in [5.41, 5.74) is 4.51. The highest BCUT2D eigenvalue weighted by atomic mass is 16.3. The van der Waals surface area contributed by atoms with Crippen molar-refractivity contribution in [3.8, 4) is 0 Å². The summed E-state index contributed by atoms with van der Waals surface area (Å²) in [5.74, 6) is 1.60. The summed E-state index contributed by atoms with van der Waals surface area (Å²) in [4.78, 5) is 12.4. The van der Waals surface area contributed by atoms with Gasteiger partial charge in [0.15, 0.2) is 5.78 Å². The topological polar surface area (TPSA) is 57.5 Å². The zero-order valence-electron chi connectivity index (χ0n) is 14.8. The van der Waals surface area contributed by atoms with Crippen LogP contribution < -0.4 is 0 Å². The lowest BCUT2D eigenvalue weighted by Gasteiger charge is -2.48. The number of carbonyl (C=O) groups is 1. The van der Waals surface area contributed by atoms with Crippen LogP contribution in [-0.2, 0) is 4.79 Å². The number of hydrogen-bond donors (Lipinski definition) is 2. The molecule has 0 heterocycles. The lowest BCUT2D eigenvalue weighted by atomic mass is 9.57. The standard InChI is InChI=1S/C21H30O3/c1-21-9-8-15-16(18(21)6-7-20(21)24)5-4-13-12-19(23)14(3-2-10-22)11-17(13)15/h12,14,16,18,20,22,24H,2-11H2,1H3/t14?,16-,18+,20-,21-/m1/s1. The number of allylic oxidation sites excluding steroid dienone is 4. The van der Waals surface area contributed by atoms with E-state index in [1.54, 1.807) is 5.57 Å². The molecule has 24 heavy (non-hydrogen) atoms. The second-order valence-electron chi connectivity index (χ2n) is 8.69. The third kappa shape index (κ3) is 2.43. The number of rotatable bonds is 3. The maximum atomic E-state index is 12.4. The van der Waals surface area contributed by atoms with Crippen molar-refractivity contribution in [2.75, 3.05) is 6.61 Å². The van der Waals surface area contributed by atoms with Crippen molar-refractivity contribution in [1.29, 1.82) is 0 Å². The quantitative estimate of drug-likeness (QED) is 0.832. The second kappa shape index (κ2) is 6.10. The normalized spacial score (nSPS) is 41.6. The van der Waals surface area contributed by atoms with E-state index in [1.165, 1.54) is 11.1 Å². The van der Waals surface area contributed by atoms with Gasteiger partial charge >= 0.3 is 0 Å². The number of aliphatic hydroxyl groups excluding tert-OH is 2. The fourth-order valence-corrected chi connectivity index (χ4v) is 6.15. The summed E-state index contributed by atoms with van der Waals surface area (Å²) < 4.78 is 0. The van der Waals surface area contributed by atoms with Gasteiger partial charge in [-0.3, -0.25) is 4.79 Å². The van der Waals surface area contributed by atoms with Gasteiger partial charge in [-0.1, -0.05) is 12.5 Å². The van der Waals surface area contributed by atoms with E-state index in [4.69, 9.17) is 5.11 Å². The Hall–Kier alpha value is -0.930. The van der Waals surface area contributed by atoms with Gasteiger partial charge in [0.2, 0.25) is 0 Å². The zero-order valence-corrected chi connectivity index (χ0v) is 14.8. The molecule has 0 bridgehead atoms. The highest BCUT2D eigenvalue weighted by Gasteiger charge is 2.53. The van der Waals surface area contributed by atoms with Crippen molar-refractivity contribution in [3.63, 3.8) is 0 Å². The van der Waals surface area contributed by atoms with Gasteiger partial charge in [-0.2, -0.15) is 0 Å². The van der Waals surface area contributed by atoms with Crippen molar-refractivity contribution in [2.24, 2.45) is 23.2 Å². The Balaban J connectivity index is 1.65. The third-order valence-electron chi connectivity index (χ3n) is 7.61. The van der Waals surface area contributed by atoms with Gasteiger partial charge in [0.05, 0.1) is 6.10 Å². The first-order chi connectivity index (χ1) is 11.5. The average Bonchev–Trinajstić information content (AvgIpc) is 2.88. The van der Waals surface area contributed by atoms with Crippen LogP contribution in [0, 0.1) is 23.2 Å². The molecule has 2 N–H and O–H groups in total. The first-order valence-electron chi connectivity index (χ1n) is 9.80. The molecule has 0 aromatic rings. The maximum absolute atomic E-state index is 12.4. The Kier molecular flexibility index (Phi) is 4.20. The van der Waals surface area contributed by atoms with E-state index in [-0.39, 0.29) is 29.8 Å². The molecule has 0 spiro atoms. The molecule has 5 atom stereocenters. The lowest BCUT2D eigenvalue weighted by molar-refractivity contribution is -0.118. The van der Waals surface area contributed by atoms with Crippen LogP contribution >= 0.6 is 0 Å². The first-order valence-corrected chi connectivity index (χ1v) is 9.80. The first kappa shape index (κ1) is 16.5. The molecule has 3 nitrogen and oxygen atoms in total.